The van der Waals surface area contributed by atoms with Crippen LogP contribution < -0.4 is 0 Å². The van der Waals surface area contributed by atoms with Crippen molar-refractivity contribution < 1.29 is 0 Å². The lowest BCUT2D eigenvalue weighted by Gasteiger charge is -1.98. The molecule has 10 heavy (non-hydrogen) atoms. The van der Waals surface area contributed by atoms with Crippen LogP contribution in [-0.2, 0) is 6.42 Å². The van der Waals surface area contributed by atoms with Crippen molar-refractivity contribution in [2.75, 3.05) is 0 Å². The quantitative estimate of drug-likeness (QED) is 0.640. The Hall–Kier alpha value is -0.560. The summed E-state index contributed by atoms with van der Waals surface area (Å²) in [4.78, 5) is 3.98. The zero-order valence-electron chi connectivity index (χ0n) is 5.97. The molecule has 0 amide bonds. The molecule has 0 aromatic carbocycles. The summed E-state index contributed by atoms with van der Waals surface area (Å²) >= 11 is 5.86. The summed E-state index contributed by atoms with van der Waals surface area (Å²) in [6, 6.07) is 1.83. The molecule has 0 unspecified atom stereocenters. The van der Waals surface area contributed by atoms with Crippen molar-refractivity contribution in [1.29, 1.82) is 0 Å². The van der Waals surface area contributed by atoms with Gasteiger partial charge < -0.3 is 0 Å². The van der Waals surface area contributed by atoms with E-state index in [4.69, 9.17) is 11.6 Å². The highest BCUT2D eigenvalue weighted by atomic mass is 35.5. The van der Waals surface area contributed by atoms with E-state index in [9.17, 15) is 0 Å². The van der Waals surface area contributed by atoms with Crippen molar-refractivity contribution in [3.8, 4) is 0 Å². The number of aromatic nitrogens is 1. The van der Waals surface area contributed by atoms with E-state index in [1.165, 1.54) is 0 Å². The summed E-state index contributed by atoms with van der Waals surface area (Å²) in [7, 11) is 0. The van der Waals surface area contributed by atoms with Crippen molar-refractivity contribution in [3.63, 3.8) is 0 Å². The zero-order valence-corrected chi connectivity index (χ0v) is 6.73. The molecule has 1 heterocycles. The highest BCUT2D eigenvalue weighted by Gasteiger charge is 1.95. The maximum absolute atomic E-state index is 5.86. The van der Waals surface area contributed by atoms with E-state index >= 15 is 0 Å². The molecular formula is C8H10ClN. The number of aryl methyl sites for hydroxylation is 1. The van der Waals surface area contributed by atoms with Crippen LogP contribution in [0.4, 0.5) is 0 Å². The lowest BCUT2D eigenvalue weighted by molar-refractivity contribution is 0.914. The minimum Gasteiger partial charge on any atom is -0.264 e. The normalized spacial score (nSPS) is 9.80. The molecule has 0 saturated heterocycles. The van der Waals surface area contributed by atoms with Gasteiger partial charge in [0.05, 0.1) is 0 Å². The number of pyridine rings is 1. The van der Waals surface area contributed by atoms with Crippen molar-refractivity contribution >= 4 is 11.6 Å². The van der Waals surface area contributed by atoms with E-state index in [0.29, 0.717) is 0 Å². The van der Waals surface area contributed by atoms with Gasteiger partial charge in [-0.05, 0) is 18.1 Å². The number of hydrogen-bond acceptors (Lipinski definition) is 1. The number of nitrogens with zero attached hydrogens (tertiary/aromatic N) is 1. The number of rotatable bonds is 2. The van der Waals surface area contributed by atoms with Crippen LogP contribution in [0.2, 0.25) is 5.02 Å². The summed E-state index contributed by atoms with van der Waals surface area (Å²) in [5.74, 6) is 0. The molecule has 0 aliphatic rings. The Morgan fingerprint density at radius 3 is 3.00 bits per heavy atom. The van der Waals surface area contributed by atoms with Gasteiger partial charge in [0.25, 0.3) is 0 Å². The van der Waals surface area contributed by atoms with Crippen molar-refractivity contribution in [3.05, 3.63) is 29.0 Å². The summed E-state index contributed by atoms with van der Waals surface area (Å²) in [5, 5.41) is 0.830. The van der Waals surface area contributed by atoms with Gasteiger partial charge in [0.2, 0.25) is 0 Å². The molecule has 0 saturated carbocycles. The maximum atomic E-state index is 5.86. The van der Waals surface area contributed by atoms with E-state index < -0.39 is 0 Å². The lowest BCUT2D eigenvalue weighted by Crippen LogP contribution is -1.85. The second kappa shape index (κ2) is 3.57. The minimum absolute atomic E-state index is 0.830. The average Bonchev–Trinajstić information content (AvgIpc) is 1.94. The number of halogens is 1. The van der Waals surface area contributed by atoms with E-state index in [-0.39, 0.29) is 0 Å². The fraction of sp³-hybridized carbons (Fsp3) is 0.375. The molecular weight excluding hydrogens is 146 g/mol. The molecule has 0 aliphatic heterocycles. The predicted octanol–water partition coefficient (Wildman–Crippen LogP) is 2.69. The van der Waals surface area contributed by atoms with Gasteiger partial charge in [-0.2, -0.15) is 0 Å². The first kappa shape index (κ1) is 7.55. The molecule has 1 rings (SSSR count). The Morgan fingerprint density at radius 1 is 1.60 bits per heavy atom. The van der Waals surface area contributed by atoms with Gasteiger partial charge in [-0.1, -0.05) is 24.9 Å². The topological polar surface area (TPSA) is 12.9 Å². The van der Waals surface area contributed by atoms with Gasteiger partial charge in [0, 0.05) is 17.4 Å². The lowest BCUT2D eigenvalue weighted by atomic mass is 10.2. The minimum atomic E-state index is 0.830. The van der Waals surface area contributed by atoms with Crippen LogP contribution in [0.25, 0.3) is 0 Å². The molecule has 54 valence electrons. The fourth-order valence-electron chi connectivity index (χ4n) is 0.863. The first-order valence-corrected chi connectivity index (χ1v) is 3.80. The van der Waals surface area contributed by atoms with Gasteiger partial charge in [-0.25, -0.2) is 0 Å². The van der Waals surface area contributed by atoms with Crippen LogP contribution >= 0.6 is 11.6 Å². The molecule has 0 N–H and O–H groups in total. The van der Waals surface area contributed by atoms with E-state index in [1.54, 1.807) is 6.20 Å². The van der Waals surface area contributed by atoms with E-state index in [0.717, 1.165) is 23.4 Å². The van der Waals surface area contributed by atoms with Crippen molar-refractivity contribution in [1.82, 2.24) is 4.98 Å². The van der Waals surface area contributed by atoms with Crippen LogP contribution in [-0.4, -0.2) is 4.98 Å². The first-order chi connectivity index (χ1) is 4.84. The smallest absolute Gasteiger partial charge is 0.0468 e. The van der Waals surface area contributed by atoms with Gasteiger partial charge >= 0.3 is 0 Å². The summed E-state index contributed by atoms with van der Waals surface area (Å²) in [6.07, 6.45) is 5.67. The van der Waals surface area contributed by atoms with Crippen molar-refractivity contribution in [2.45, 2.75) is 19.8 Å². The monoisotopic (exact) mass is 155 g/mol. The SMILES string of the molecule is CCCc1cnccc1Cl. The maximum Gasteiger partial charge on any atom is 0.0468 e. The second-order valence-electron chi connectivity index (χ2n) is 2.22. The van der Waals surface area contributed by atoms with Gasteiger partial charge in [-0.3, -0.25) is 4.98 Å². The summed E-state index contributed by atoms with van der Waals surface area (Å²) < 4.78 is 0. The zero-order chi connectivity index (χ0) is 7.40. The summed E-state index contributed by atoms with van der Waals surface area (Å²) in [6.45, 7) is 2.13. The predicted molar refractivity (Wildman–Crippen MR) is 43.2 cm³/mol. The Kier molecular flexibility index (Phi) is 2.69. The molecule has 0 radical (unpaired) electrons. The Bertz CT molecular complexity index is 210. The molecule has 0 spiro atoms. The first-order valence-electron chi connectivity index (χ1n) is 3.43. The summed E-state index contributed by atoms with van der Waals surface area (Å²) in [5.41, 5.74) is 1.15. The molecule has 1 aromatic heterocycles. The Labute approximate surface area is 66.0 Å². The third-order valence-electron chi connectivity index (χ3n) is 1.36. The standard InChI is InChI=1S/C8H10ClN/c1-2-3-7-6-10-5-4-8(7)9/h4-6H,2-3H2,1H3. The van der Waals surface area contributed by atoms with E-state index in [1.807, 2.05) is 12.3 Å². The molecule has 0 fully saturated rings. The van der Waals surface area contributed by atoms with Crippen LogP contribution in [0.3, 0.4) is 0 Å². The fourth-order valence-corrected chi connectivity index (χ4v) is 1.06. The largest absolute Gasteiger partial charge is 0.264 e. The Balaban J connectivity index is 2.81. The van der Waals surface area contributed by atoms with Gasteiger partial charge in [0.15, 0.2) is 0 Å². The second-order valence-corrected chi connectivity index (χ2v) is 2.62. The molecule has 0 aliphatic carbocycles. The van der Waals surface area contributed by atoms with Gasteiger partial charge in [-0.15, -0.1) is 0 Å². The molecule has 2 heteroatoms. The third-order valence-corrected chi connectivity index (χ3v) is 1.73. The van der Waals surface area contributed by atoms with Gasteiger partial charge in [0.1, 0.15) is 0 Å². The Morgan fingerprint density at radius 2 is 2.40 bits per heavy atom. The average molecular weight is 156 g/mol. The molecule has 0 atom stereocenters. The third kappa shape index (κ3) is 1.71. The van der Waals surface area contributed by atoms with Crippen LogP contribution in [0, 0.1) is 0 Å². The van der Waals surface area contributed by atoms with Crippen LogP contribution in [0.15, 0.2) is 18.5 Å². The number of hydrogen-bond donors (Lipinski definition) is 0. The molecule has 1 aromatic rings. The highest BCUT2D eigenvalue weighted by Crippen LogP contribution is 2.14. The van der Waals surface area contributed by atoms with Crippen molar-refractivity contribution in [2.24, 2.45) is 0 Å². The van der Waals surface area contributed by atoms with Crippen LogP contribution in [0.5, 0.6) is 0 Å². The van der Waals surface area contributed by atoms with E-state index in [2.05, 4.69) is 11.9 Å². The van der Waals surface area contributed by atoms with Crippen LogP contribution in [0.1, 0.15) is 18.9 Å². The molecule has 1 nitrogen and oxygen atoms in total. The molecule has 0 bridgehead atoms. The highest BCUT2D eigenvalue weighted by molar-refractivity contribution is 6.31.